The molecule has 3 nitrogen and oxygen atoms in total. The first kappa shape index (κ1) is 13.4. The highest BCUT2D eigenvalue weighted by Gasteiger charge is 2.12. The number of carboxylic acid groups (broad SMARTS) is 1. The Morgan fingerprint density at radius 1 is 1.43 bits per heavy atom. The highest BCUT2D eigenvalue weighted by Crippen LogP contribution is 2.09. The van der Waals surface area contributed by atoms with Gasteiger partial charge in [0.05, 0.1) is 0 Å². The Morgan fingerprint density at radius 2 is 2.00 bits per heavy atom. The van der Waals surface area contributed by atoms with Crippen molar-refractivity contribution < 1.29 is 9.90 Å². The van der Waals surface area contributed by atoms with Crippen molar-refractivity contribution in [1.82, 2.24) is 4.90 Å². The monoisotopic (exact) mass is 201 g/mol. The van der Waals surface area contributed by atoms with Gasteiger partial charge in [0.25, 0.3) is 0 Å². The van der Waals surface area contributed by atoms with Crippen molar-refractivity contribution >= 4 is 5.97 Å². The van der Waals surface area contributed by atoms with Gasteiger partial charge in [0, 0.05) is 19.0 Å². The molecule has 0 rings (SSSR count). The first-order valence-corrected chi connectivity index (χ1v) is 5.39. The Balaban J connectivity index is 3.75. The Morgan fingerprint density at radius 3 is 2.43 bits per heavy atom. The van der Waals surface area contributed by atoms with Crippen LogP contribution in [0.2, 0.25) is 0 Å². The number of carboxylic acids is 1. The third-order valence-electron chi connectivity index (χ3n) is 2.83. The smallest absolute Gasteiger partial charge is 0.303 e. The van der Waals surface area contributed by atoms with Crippen LogP contribution in [0.5, 0.6) is 0 Å². The molecule has 1 N–H and O–H groups in total. The second-order valence-electron chi connectivity index (χ2n) is 4.23. The molecule has 0 aliphatic heterocycles. The summed E-state index contributed by atoms with van der Waals surface area (Å²) in [5.41, 5.74) is 0. The van der Waals surface area contributed by atoms with Gasteiger partial charge in [-0.05, 0) is 26.3 Å². The van der Waals surface area contributed by atoms with Gasteiger partial charge in [0.2, 0.25) is 0 Å². The molecule has 2 unspecified atom stereocenters. The predicted octanol–water partition coefficient (Wildman–Crippen LogP) is 2.22. The standard InChI is InChI=1S/C11H23NO2/c1-5-9(2)8-12(4)10(3)6-7-11(13)14/h9-10H,5-8H2,1-4H3,(H,13,14). The molecular formula is C11H23NO2. The van der Waals surface area contributed by atoms with E-state index >= 15 is 0 Å². The molecule has 0 saturated heterocycles. The van der Waals surface area contributed by atoms with Crippen molar-refractivity contribution in [2.45, 2.75) is 46.1 Å². The van der Waals surface area contributed by atoms with Crippen LogP contribution in [0.1, 0.15) is 40.0 Å². The summed E-state index contributed by atoms with van der Waals surface area (Å²) in [4.78, 5) is 12.6. The first-order chi connectivity index (χ1) is 6.47. The predicted molar refractivity (Wildman–Crippen MR) is 58.4 cm³/mol. The van der Waals surface area contributed by atoms with Crippen molar-refractivity contribution in [3.8, 4) is 0 Å². The van der Waals surface area contributed by atoms with Crippen molar-refractivity contribution in [3.63, 3.8) is 0 Å². The van der Waals surface area contributed by atoms with E-state index in [9.17, 15) is 4.79 Å². The second-order valence-corrected chi connectivity index (χ2v) is 4.23. The highest BCUT2D eigenvalue weighted by molar-refractivity contribution is 5.66. The van der Waals surface area contributed by atoms with Crippen LogP contribution >= 0.6 is 0 Å². The molecule has 0 saturated carbocycles. The van der Waals surface area contributed by atoms with Crippen LogP contribution in [0.25, 0.3) is 0 Å². The third kappa shape index (κ3) is 5.97. The summed E-state index contributed by atoms with van der Waals surface area (Å²) < 4.78 is 0. The molecule has 0 bridgehead atoms. The summed E-state index contributed by atoms with van der Waals surface area (Å²) >= 11 is 0. The van der Waals surface area contributed by atoms with Crippen molar-refractivity contribution in [3.05, 3.63) is 0 Å². The number of aliphatic carboxylic acids is 1. The number of hydrogen-bond acceptors (Lipinski definition) is 2. The largest absolute Gasteiger partial charge is 0.481 e. The fourth-order valence-corrected chi connectivity index (χ4v) is 1.35. The fourth-order valence-electron chi connectivity index (χ4n) is 1.35. The minimum absolute atomic E-state index is 0.270. The molecular weight excluding hydrogens is 178 g/mol. The van der Waals surface area contributed by atoms with Gasteiger partial charge in [-0.1, -0.05) is 20.3 Å². The van der Waals surface area contributed by atoms with Gasteiger partial charge in [-0.3, -0.25) is 4.79 Å². The average molecular weight is 201 g/mol. The van der Waals surface area contributed by atoms with Crippen molar-refractivity contribution in [2.75, 3.05) is 13.6 Å². The second kappa shape index (κ2) is 6.82. The molecule has 0 radical (unpaired) electrons. The van der Waals surface area contributed by atoms with E-state index in [1.165, 1.54) is 6.42 Å². The molecule has 0 heterocycles. The molecule has 2 atom stereocenters. The third-order valence-corrected chi connectivity index (χ3v) is 2.83. The SMILES string of the molecule is CCC(C)CN(C)C(C)CCC(=O)O. The Hall–Kier alpha value is -0.570. The van der Waals surface area contributed by atoms with Gasteiger partial charge in [0.15, 0.2) is 0 Å². The zero-order valence-electron chi connectivity index (χ0n) is 9.79. The van der Waals surface area contributed by atoms with Crippen LogP contribution in [0.15, 0.2) is 0 Å². The average Bonchev–Trinajstić information content (AvgIpc) is 2.13. The van der Waals surface area contributed by atoms with Gasteiger partial charge < -0.3 is 10.0 Å². The van der Waals surface area contributed by atoms with E-state index in [0.29, 0.717) is 12.0 Å². The van der Waals surface area contributed by atoms with Crippen LogP contribution in [-0.2, 0) is 4.79 Å². The Labute approximate surface area is 87.1 Å². The molecule has 0 amide bonds. The molecule has 3 heteroatoms. The van der Waals surface area contributed by atoms with Crippen LogP contribution in [0, 0.1) is 5.92 Å². The quantitative estimate of drug-likeness (QED) is 0.686. The first-order valence-electron chi connectivity index (χ1n) is 5.39. The van der Waals surface area contributed by atoms with Gasteiger partial charge >= 0.3 is 5.97 Å². The topological polar surface area (TPSA) is 40.5 Å². The maximum Gasteiger partial charge on any atom is 0.303 e. The zero-order valence-corrected chi connectivity index (χ0v) is 9.79. The van der Waals surface area contributed by atoms with E-state index in [1.807, 2.05) is 0 Å². The minimum Gasteiger partial charge on any atom is -0.481 e. The normalized spacial score (nSPS) is 15.5. The van der Waals surface area contributed by atoms with Gasteiger partial charge in [-0.25, -0.2) is 0 Å². The summed E-state index contributed by atoms with van der Waals surface area (Å²) in [5.74, 6) is -0.0129. The highest BCUT2D eigenvalue weighted by atomic mass is 16.4. The van der Waals surface area contributed by atoms with E-state index in [4.69, 9.17) is 5.11 Å². The lowest BCUT2D eigenvalue weighted by molar-refractivity contribution is -0.137. The summed E-state index contributed by atoms with van der Waals surface area (Å²) in [6.07, 6.45) is 2.18. The molecule has 84 valence electrons. The van der Waals surface area contributed by atoms with Crippen LogP contribution < -0.4 is 0 Å². The van der Waals surface area contributed by atoms with Gasteiger partial charge in [-0.2, -0.15) is 0 Å². The lowest BCUT2D eigenvalue weighted by Gasteiger charge is -2.26. The van der Waals surface area contributed by atoms with Crippen molar-refractivity contribution in [1.29, 1.82) is 0 Å². The van der Waals surface area contributed by atoms with E-state index in [-0.39, 0.29) is 6.42 Å². The molecule has 0 aliphatic carbocycles. The summed E-state index contributed by atoms with van der Waals surface area (Å²) in [6, 6.07) is 0.361. The maximum absolute atomic E-state index is 10.4. The maximum atomic E-state index is 10.4. The molecule has 0 aromatic heterocycles. The summed E-state index contributed by atoms with van der Waals surface area (Å²) in [6.45, 7) is 7.55. The lowest BCUT2D eigenvalue weighted by atomic mass is 10.1. The molecule has 0 aliphatic rings. The summed E-state index contributed by atoms with van der Waals surface area (Å²) in [5, 5.41) is 8.55. The molecule has 0 aromatic rings. The van der Waals surface area contributed by atoms with Gasteiger partial charge in [0.1, 0.15) is 0 Å². The molecule has 14 heavy (non-hydrogen) atoms. The van der Waals surface area contributed by atoms with Crippen molar-refractivity contribution in [2.24, 2.45) is 5.92 Å². The minimum atomic E-state index is -0.700. The fraction of sp³-hybridized carbons (Fsp3) is 0.909. The zero-order chi connectivity index (χ0) is 11.1. The number of rotatable bonds is 7. The molecule has 0 fully saturated rings. The Bertz CT molecular complexity index is 171. The number of hydrogen-bond donors (Lipinski definition) is 1. The number of carbonyl (C=O) groups is 1. The Kier molecular flexibility index (Phi) is 6.54. The number of nitrogens with zero attached hydrogens (tertiary/aromatic N) is 1. The molecule has 0 aromatic carbocycles. The van der Waals surface area contributed by atoms with Gasteiger partial charge in [-0.15, -0.1) is 0 Å². The van der Waals surface area contributed by atoms with Crippen LogP contribution in [0.4, 0.5) is 0 Å². The van der Waals surface area contributed by atoms with Crippen LogP contribution in [0.3, 0.4) is 0 Å². The lowest BCUT2D eigenvalue weighted by Crippen LogP contribution is -2.33. The molecule has 0 spiro atoms. The van der Waals surface area contributed by atoms with E-state index < -0.39 is 5.97 Å². The van der Waals surface area contributed by atoms with Crippen LogP contribution in [-0.4, -0.2) is 35.6 Å². The van der Waals surface area contributed by atoms with E-state index in [1.54, 1.807) is 0 Å². The summed E-state index contributed by atoms with van der Waals surface area (Å²) in [7, 11) is 2.07. The van der Waals surface area contributed by atoms with E-state index in [2.05, 4.69) is 32.7 Å². The van der Waals surface area contributed by atoms with E-state index in [0.717, 1.165) is 13.0 Å².